The summed E-state index contributed by atoms with van der Waals surface area (Å²) in [4.78, 5) is 43.1. The Balaban J connectivity index is 1.45. The fourth-order valence-corrected chi connectivity index (χ4v) is 4.67. The van der Waals surface area contributed by atoms with Crippen molar-refractivity contribution in [3.63, 3.8) is 0 Å². The van der Waals surface area contributed by atoms with Crippen molar-refractivity contribution < 1.29 is 19.0 Å². The van der Waals surface area contributed by atoms with Crippen molar-refractivity contribution in [3.8, 4) is 17.5 Å². The average molecular weight is 483 g/mol. The molecule has 0 unspecified atom stereocenters. The van der Waals surface area contributed by atoms with Crippen LogP contribution in [-0.4, -0.2) is 41.4 Å². The molecule has 1 saturated carbocycles. The number of carbonyl (C=O) groups is 1. The van der Waals surface area contributed by atoms with E-state index in [1.807, 2.05) is 0 Å². The first kappa shape index (κ1) is 24.3. The number of aromatic nitrogens is 3. The van der Waals surface area contributed by atoms with Gasteiger partial charge in [-0.3, -0.25) is 18.7 Å². The first-order chi connectivity index (χ1) is 16.9. The van der Waals surface area contributed by atoms with Crippen molar-refractivity contribution in [1.82, 2.24) is 14.1 Å². The van der Waals surface area contributed by atoms with Gasteiger partial charge in [0, 0.05) is 25.6 Å². The fourth-order valence-electron chi connectivity index (χ4n) is 4.67. The first-order valence-electron chi connectivity index (χ1n) is 11.5. The summed E-state index contributed by atoms with van der Waals surface area (Å²) in [7, 11) is 6.20. The first-order valence-corrected chi connectivity index (χ1v) is 11.5. The maximum absolute atomic E-state index is 13.1. The van der Waals surface area contributed by atoms with Crippen LogP contribution in [0.2, 0.25) is 0 Å². The maximum atomic E-state index is 13.1. The summed E-state index contributed by atoms with van der Waals surface area (Å²) in [5, 5.41) is 3.35. The molecule has 1 aliphatic carbocycles. The molecule has 0 spiro atoms. The molecule has 2 aromatic heterocycles. The number of amides is 1. The van der Waals surface area contributed by atoms with Crippen LogP contribution < -0.4 is 30.8 Å². The number of aryl methyl sites for hydroxylation is 1. The van der Waals surface area contributed by atoms with Crippen molar-refractivity contribution in [3.05, 3.63) is 51.2 Å². The molecule has 1 amide bonds. The molecule has 0 atom stereocenters. The molecular weight excluding hydrogens is 452 g/mol. The van der Waals surface area contributed by atoms with E-state index in [1.54, 1.807) is 37.4 Å². The van der Waals surface area contributed by atoms with Gasteiger partial charge in [-0.05, 0) is 55.9 Å². The van der Waals surface area contributed by atoms with Gasteiger partial charge in [-0.15, -0.1) is 0 Å². The lowest BCUT2D eigenvalue weighted by Gasteiger charge is -2.28. The number of rotatable bonds is 7. The van der Waals surface area contributed by atoms with Crippen LogP contribution in [0.25, 0.3) is 10.9 Å². The van der Waals surface area contributed by atoms with Gasteiger partial charge in [-0.1, -0.05) is 0 Å². The summed E-state index contributed by atoms with van der Waals surface area (Å²) in [5.74, 6) is 1.11. The number of hydrogen-bond acceptors (Lipinski definition) is 7. The van der Waals surface area contributed by atoms with E-state index in [2.05, 4.69) is 10.3 Å². The molecule has 0 aliphatic heterocycles. The molecular formula is C25H30N4O6. The maximum Gasteiger partial charge on any atom is 0.331 e. The van der Waals surface area contributed by atoms with Crippen LogP contribution in [0.1, 0.15) is 25.7 Å². The van der Waals surface area contributed by atoms with Gasteiger partial charge in [0.15, 0.2) is 0 Å². The van der Waals surface area contributed by atoms with Gasteiger partial charge in [-0.25, -0.2) is 4.79 Å². The van der Waals surface area contributed by atoms with Gasteiger partial charge in [0.05, 0.1) is 32.2 Å². The van der Waals surface area contributed by atoms with Gasteiger partial charge in [0.25, 0.3) is 5.56 Å². The number of nitrogens with zero attached hydrogens (tertiary/aromatic N) is 3. The molecule has 186 valence electrons. The molecule has 35 heavy (non-hydrogen) atoms. The third kappa shape index (κ3) is 4.87. The van der Waals surface area contributed by atoms with E-state index < -0.39 is 0 Å². The largest absolute Gasteiger partial charge is 0.497 e. The minimum absolute atomic E-state index is 0.0976. The van der Waals surface area contributed by atoms with E-state index in [4.69, 9.17) is 14.2 Å². The Kier molecular flexibility index (Phi) is 7.09. The van der Waals surface area contributed by atoms with Crippen LogP contribution in [-0.2, 0) is 18.4 Å². The number of anilines is 1. The minimum atomic E-state index is -0.341. The fraction of sp³-hybridized carbons (Fsp3) is 0.440. The third-order valence-corrected chi connectivity index (χ3v) is 6.71. The van der Waals surface area contributed by atoms with E-state index in [9.17, 15) is 14.4 Å². The second kappa shape index (κ2) is 10.2. The highest BCUT2D eigenvalue weighted by Gasteiger charge is 2.28. The second-order valence-corrected chi connectivity index (χ2v) is 8.76. The molecule has 4 rings (SSSR count). The van der Waals surface area contributed by atoms with Crippen molar-refractivity contribution in [2.24, 2.45) is 18.9 Å². The molecule has 0 bridgehead atoms. The number of fused-ring (bicyclic) bond motifs is 1. The highest BCUT2D eigenvalue weighted by Crippen LogP contribution is 2.32. The van der Waals surface area contributed by atoms with Crippen LogP contribution >= 0.6 is 0 Å². The Bertz CT molecular complexity index is 1350. The standard InChI is InChI=1S/C25H30N4O6/c1-28-20-11-9-17(33-2)13-18(20)24(31)29(25(28)32)14-15-5-7-16(8-6-15)22(30)26-19-10-12-21(34-3)27-23(19)35-4/h9-13,15-16H,5-8,14H2,1-4H3,(H,26,30)/t15-,16-. The Hall–Kier alpha value is -3.82. The number of nitrogens with one attached hydrogen (secondary N) is 1. The van der Waals surface area contributed by atoms with E-state index in [-0.39, 0.29) is 34.9 Å². The quantitative estimate of drug-likeness (QED) is 0.551. The van der Waals surface area contributed by atoms with Crippen molar-refractivity contribution in [2.75, 3.05) is 26.6 Å². The Morgan fingerprint density at radius 2 is 1.77 bits per heavy atom. The molecule has 1 N–H and O–H groups in total. The van der Waals surface area contributed by atoms with Gasteiger partial charge in [-0.2, -0.15) is 4.98 Å². The lowest BCUT2D eigenvalue weighted by Crippen LogP contribution is -2.41. The summed E-state index contributed by atoms with van der Waals surface area (Å²) in [6.45, 7) is 0.323. The third-order valence-electron chi connectivity index (χ3n) is 6.71. The van der Waals surface area contributed by atoms with Gasteiger partial charge in [0.2, 0.25) is 17.7 Å². The van der Waals surface area contributed by atoms with E-state index in [1.165, 1.54) is 30.5 Å². The summed E-state index contributed by atoms with van der Waals surface area (Å²) >= 11 is 0. The second-order valence-electron chi connectivity index (χ2n) is 8.76. The summed E-state index contributed by atoms with van der Waals surface area (Å²) in [6.07, 6.45) is 2.81. The highest BCUT2D eigenvalue weighted by atomic mass is 16.5. The van der Waals surface area contributed by atoms with Crippen molar-refractivity contribution in [1.29, 1.82) is 0 Å². The van der Waals surface area contributed by atoms with Crippen LogP contribution in [0.15, 0.2) is 39.9 Å². The number of pyridine rings is 1. The topological polar surface area (TPSA) is 114 Å². The predicted octanol–water partition coefficient (Wildman–Crippen LogP) is 2.57. The van der Waals surface area contributed by atoms with Crippen molar-refractivity contribution >= 4 is 22.5 Å². The van der Waals surface area contributed by atoms with Crippen LogP contribution in [0, 0.1) is 11.8 Å². The zero-order valence-corrected chi connectivity index (χ0v) is 20.4. The lowest BCUT2D eigenvalue weighted by atomic mass is 9.81. The van der Waals surface area contributed by atoms with Gasteiger partial charge >= 0.3 is 5.69 Å². The number of hydrogen-bond donors (Lipinski definition) is 1. The van der Waals surface area contributed by atoms with Crippen molar-refractivity contribution in [2.45, 2.75) is 32.2 Å². The Morgan fingerprint density at radius 1 is 1.03 bits per heavy atom. The van der Waals surface area contributed by atoms with Gasteiger partial charge in [0.1, 0.15) is 11.4 Å². The SMILES string of the molecule is COc1ccc2c(c1)c(=O)n(C[C@H]1CC[C@H](C(=O)Nc3ccc(OC)nc3OC)CC1)c(=O)n2C. The number of ether oxygens (including phenoxy) is 3. The zero-order chi connectivity index (χ0) is 25.1. The highest BCUT2D eigenvalue weighted by molar-refractivity contribution is 5.93. The number of methoxy groups -OCH3 is 3. The smallest absolute Gasteiger partial charge is 0.331 e. The molecule has 1 fully saturated rings. The minimum Gasteiger partial charge on any atom is -0.497 e. The normalized spacial score (nSPS) is 17.7. The summed E-state index contributed by atoms with van der Waals surface area (Å²) in [6, 6.07) is 8.47. The summed E-state index contributed by atoms with van der Waals surface area (Å²) < 4.78 is 18.4. The number of carbonyl (C=O) groups excluding carboxylic acids is 1. The average Bonchev–Trinajstić information content (AvgIpc) is 2.90. The Morgan fingerprint density at radius 3 is 2.43 bits per heavy atom. The van der Waals surface area contributed by atoms with Crippen LogP contribution in [0.5, 0.6) is 17.5 Å². The van der Waals surface area contributed by atoms with Gasteiger partial charge < -0.3 is 19.5 Å². The van der Waals surface area contributed by atoms with E-state index in [0.29, 0.717) is 47.6 Å². The zero-order valence-electron chi connectivity index (χ0n) is 20.4. The molecule has 10 nitrogen and oxygen atoms in total. The lowest BCUT2D eigenvalue weighted by molar-refractivity contribution is -0.121. The Labute approximate surface area is 202 Å². The number of benzene rings is 1. The van der Waals surface area contributed by atoms with Crippen LogP contribution in [0.4, 0.5) is 5.69 Å². The molecule has 1 aromatic carbocycles. The summed E-state index contributed by atoms with van der Waals surface area (Å²) in [5.41, 5.74) is 0.399. The molecule has 2 heterocycles. The van der Waals surface area contributed by atoms with Crippen LogP contribution in [0.3, 0.4) is 0 Å². The predicted molar refractivity (Wildman–Crippen MR) is 131 cm³/mol. The monoisotopic (exact) mass is 482 g/mol. The van der Waals surface area contributed by atoms with E-state index in [0.717, 1.165) is 12.8 Å². The molecule has 0 saturated heterocycles. The molecule has 3 aromatic rings. The molecule has 10 heteroatoms. The molecule has 0 radical (unpaired) electrons. The molecule has 1 aliphatic rings. The van der Waals surface area contributed by atoms with E-state index >= 15 is 0 Å².